The summed E-state index contributed by atoms with van der Waals surface area (Å²) in [5, 5.41) is 0.766. The topological polar surface area (TPSA) is 44.2 Å². The van der Waals surface area contributed by atoms with Crippen LogP contribution in [0.1, 0.15) is 66.2 Å². The van der Waals surface area contributed by atoms with Crippen molar-refractivity contribution in [2.24, 2.45) is 5.92 Å². The zero-order valence-corrected chi connectivity index (χ0v) is 20.6. The standard InChI is InChI=1S/C29H31ClN2O2/c1-19-31-28(26(29(32-19)33-2)16-20-6-4-3-5-7-20)23-12-10-22(11-13-23)25-15-14-24(17-27(25)30)34-18-21-8-9-21/h3-7,10,14-15,17,21,23H,8-9,11-13,16,18H2,1-2H3. The number of hydrogen-bond acceptors (Lipinski definition) is 4. The van der Waals surface area contributed by atoms with Crippen LogP contribution in [0.2, 0.25) is 5.02 Å². The second-order valence-corrected chi connectivity index (χ2v) is 9.81. The summed E-state index contributed by atoms with van der Waals surface area (Å²) in [7, 11) is 1.69. The number of aromatic nitrogens is 2. The fourth-order valence-electron chi connectivity index (χ4n) is 4.74. The lowest BCUT2D eigenvalue weighted by Gasteiger charge is -2.25. The number of allylic oxidation sites excluding steroid dienone is 2. The molecule has 1 aromatic heterocycles. The maximum Gasteiger partial charge on any atom is 0.220 e. The quantitative estimate of drug-likeness (QED) is 0.347. The number of ether oxygens (including phenoxy) is 2. The third kappa shape index (κ3) is 5.28. The van der Waals surface area contributed by atoms with Crippen molar-refractivity contribution in [1.82, 2.24) is 9.97 Å². The van der Waals surface area contributed by atoms with Crippen molar-refractivity contribution in [2.45, 2.75) is 51.4 Å². The second-order valence-electron chi connectivity index (χ2n) is 9.40. The molecule has 0 spiro atoms. The molecule has 2 aliphatic rings. The van der Waals surface area contributed by atoms with Gasteiger partial charge in [0.2, 0.25) is 5.88 Å². The van der Waals surface area contributed by atoms with Crippen LogP contribution in [-0.2, 0) is 6.42 Å². The summed E-state index contributed by atoms with van der Waals surface area (Å²) in [4.78, 5) is 9.48. The number of aryl methyl sites for hydroxylation is 1. The highest BCUT2D eigenvalue weighted by atomic mass is 35.5. The molecule has 0 amide bonds. The molecule has 0 saturated heterocycles. The molecule has 176 valence electrons. The van der Waals surface area contributed by atoms with E-state index in [-0.39, 0.29) is 0 Å². The van der Waals surface area contributed by atoms with Crippen LogP contribution in [0.25, 0.3) is 5.57 Å². The van der Waals surface area contributed by atoms with Crippen molar-refractivity contribution in [2.75, 3.05) is 13.7 Å². The first-order chi connectivity index (χ1) is 16.6. The Kier molecular flexibility index (Phi) is 6.87. The van der Waals surface area contributed by atoms with E-state index in [2.05, 4.69) is 41.4 Å². The third-order valence-corrected chi connectivity index (χ3v) is 7.11. The van der Waals surface area contributed by atoms with E-state index in [4.69, 9.17) is 26.1 Å². The summed E-state index contributed by atoms with van der Waals surface area (Å²) in [6, 6.07) is 16.6. The molecule has 1 saturated carbocycles. The van der Waals surface area contributed by atoms with Gasteiger partial charge in [0, 0.05) is 17.9 Å². The SMILES string of the molecule is COc1nc(C)nc(C2CC=C(c3ccc(OCC4CC4)cc3Cl)CC2)c1Cc1ccccc1. The van der Waals surface area contributed by atoms with Crippen LogP contribution in [0.3, 0.4) is 0 Å². The molecular formula is C29H31ClN2O2. The van der Waals surface area contributed by atoms with Crippen molar-refractivity contribution in [3.8, 4) is 11.6 Å². The molecule has 0 bridgehead atoms. The number of rotatable bonds is 8. The molecule has 34 heavy (non-hydrogen) atoms. The minimum Gasteiger partial charge on any atom is -0.493 e. The Bertz CT molecular complexity index is 1190. The fraction of sp³-hybridized carbons (Fsp3) is 0.379. The second kappa shape index (κ2) is 10.2. The Morgan fingerprint density at radius 1 is 1.03 bits per heavy atom. The molecule has 1 fully saturated rings. The number of methoxy groups -OCH3 is 1. The Hall–Kier alpha value is -2.85. The average Bonchev–Trinajstić information content (AvgIpc) is 3.69. The summed E-state index contributed by atoms with van der Waals surface area (Å²) in [5.74, 6) is 3.36. The predicted octanol–water partition coefficient (Wildman–Crippen LogP) is 7.18. The van der Waals surface area contributed by atoms with Crippen LogP contribution in [0.15, 0.2) is 54.6 Å². The van der Waals surface area contributed by atoms with E-state index in [1.165, 1.54) is 24.0 Å². The molecule has 2 aromatic carbocycles. The van der Waals surface area contributed by atoms with E-state index in [1.54, 1.807) is 7.11 Å². The van der Waals surface area contributed by atoms with Crippen LogP contribution in [0.4, 0.5) is 0 Å². The molecular weight excluding hydrogens is 444 g/mol. The minimum absolute atomic E-state index is 0.331. The van der Waals surface area contributed by atoms with Gasteiger partial charge in [-0.05, 0) is 79.8 Å². The number of benzene rings is 2. The van der Waals surface area contributed by atoms with Gasteiger partial charge in [-0.1, -0.05) is 48.0 Å². The van der Waals surface area contributed by atoms with Crippen LogP contribution in [0.5, 0.6) is 11.6 Å². The molecule has 0 radical (unpaired) electrons. The zero-order chi connectivity index (χ0) is 23.5. The van der Waals surface area contributed by atoms with Gasteiger partial charge in [0.25, 0.3) is 0 Å². The maximum absolute atomic E-state index is 6.66. The van der Waals surface area contributed by atoms with Gasteiger partial charge in [0.1, 0.15) is 11.6 Å². The summed E-state index contributed by atoms with van der Waals surface area (Å²) < 4.78 is 11.6. The van der Waals surface area contributed by atoms with Crippen LogP contribution in [0, 0.1) is 12.8 Å². The Labute approximate surface area is 207 Å². The molecule has 4 nitrogen and oxygen atoms in total. The Morgan fingerprint density at radius 2 is 1.85 bits per heavy atom. The van der Waals surface area contributed by atoms with Gasteiger partial charge in [-0.3, -0.25) is 0 Å². The van der Waals surface area contributed by atoms with Crippen LogP contribution < -0.4 is 9.47 Å². The number of hydrogen-bond donors (Lipinski definition) is 0. The van der Waals surface area contributed by atoms with Crippen molar-refractivity contribution in [3.05, 3.63) is 87.8 Å². The van der Waals surface area contributed by atoms with Crippen LogP contribution >= 0.6 is 11.6 Å². The third-order valence-electron chi connectivity index (χ3n) is 6.80. The minimum atomic E-state index is 0.331. The smallest absolute Gasteiger partial charge is 0.220 e. The highest BCUT2D eigenvalue weighted by Gasteiger charge is 2.25. The van der Waals surface area contributed by atoms with Crippen molar-refractivity contribution >= 4 is 17.2 Å². The molecule has 0 aliphatic heterocycles. The van der Waals surface area contributed by atoms with E-state index in [0.717, 1.165) is 71.6 Å². The van der Waals surface area contributed by atoms with Gasteiger partial charge in [-0.25, -0.2) is 4.98 Å². The van der Waals surface area contributed by atoms with Crippen molar-refractivity contribution in [1.29, 1.82) is 0 Å². The monoisotopic (exact) mass is 474 g/mol. The van der Waals surface area contributed by atoms with E-state index in [9.17, 15) is 0 Å². The average molecular weight is 475 g/mol. The van der Waals surface area contributed by atoms with E-state index in [1.807, 2.05) is 25.1 Å². The van der Waals surface area contributed by atoms with E-state index in [0.29, 0.717) is 11.8 Å². The van der Waals surface area contributed by atoms with E-state index >= 15 is 0 Å². The number of nitrogens with zero attached hydrogens (tertiary/aromatic N) is 2. The summed E-state index contributed by atoms with van der Waals surface area (Å²) in [6.45, 7) is 2.74. The largest absolute Gasteiger partial charge is 0.493 e. The van der Waals surface area contributed by atoms with Crippen LogP contribution in [-0.4, -0.2) is 23.7 Å². The van der Waals surface area contributed by atoms with Gasteiger partial charge in [0.15, 0.2) is 0 Å². The molecule has 1 atom stereocenters. The first-order valence-corrected chi connectivity index (χ1v) is 12.6. The first kappa shape index (κ1) is 22.9. The van der Waals surface area contributed by atoms with Gasteiger partial charge >= 0.3 is 0 Å². The van der Waals surface area contributed by atoms with Gasteiger partial charge < -0.3 is 9.47 Å². The van der Waals surface area contributed by atoms with Gasteiger partial charge in [-0.15, -0.1) is 0 Å². The molecule has 2 aliphatic carbocycles. The molecule has 0 N–H and O–H groups in total. The van der Waals surface area contributed by atoms with Crippen molar-refractivity contribution < 1.29 is 9.47 Å². The lowest BCUT2D eigenvalue weighted by atomic mass is 9.82. The first-order valence-electron chi connectivity index (χ1n) is 12.2. The number of halogens is 1. The molecule has 5 heteroatoms. The van der Waals surface area contributed by atoms with E-state index < -0.39 is 0 Å². The van der Waals surface area contributed by atoms with Gasteiger partial charge in [-0.2, -0.15) is 4.98 Å². The highest BCUT2D eigenvalue weighted by Crippen LogP contribution is 2.41. The lowest BCUT2D eigenvalue weighted by Crippen LogP contribution is -2.13. The highest BCUT2D eigenvalue weighted by molar-refractivity contribution is 6.32. The lowest BCUT2D eigenvalue weighted by molar-refractivity contribution is 0.300. The molecule has 3 aromatic rings. The zero-order valence-electron chi connectivity index (χ0n) is 19.9. The Balaban J connectivity index is 1.36. The molecule has 5 rings (SSSR count). The molecule has 1 heterocycles. The summed E-state index contributed by atoms with van der Waals surface area (Å²) >= 11 is 6.66. The predicted molar refractivity (Wildman–Crippen MR) is 137 cm³/mol. The summed E-state index contributed by atoms with van der Waals surface area (Å²) in [5.41, 5.74) is 5.85. The Morgan fingerprint density at radius 3 is 2.53 bits per heavy atom. The maximum atomic E-state index is 6.66. The van der Waals surface area contributed by atoms with Crippen molar-refractivity contribution in [3.63, 3.8) is 0 Å². The summed E-state index contributed by atoms with van der Waals surface area (Å²) in [6.07, 6.45) is 8.56. The van der Waals surface area contributed by atoms with Gasteiger partial charge in [0.05, 0.1) is 24.4 Å². The molecule has 1 unspecified atom stereocenters. The fourth-order valence-corrected chi connectivity index (χ4v) is 5.03. The normalized spacial score (nSPS) is 17.9.